The lowest BCUT2D eigenvalue weighted by Gasteiger charge is -2.29. The summed E-state index contributed by atoms with van der Waals surface area (Å²) in [7, 11) is 2.13. The number of carbonyl (C=O) groups excluding carboxylic acids is 1. The van der Waals surface area contributed by atoms with Gasteiger partial charge in [0.1, 0.15) is 0 Å². The zero-order chi connectivity index (χ0) is 20.9. The molecule has 0 bridgehead atoms. The predicted octanol–water partition coefficient (Wildman–Crippen LogP) is 3.42. The van der Waals surface area contributed by atoms with Gasteiger partial charge in [-0.05, 0) is 57.1 Å². The van der Waals surface area contributed by atoms with Crippen molar-refractivity contribution in [2.75, 3.05) is 36.5 Å². The molecule has 1 aromatic heterocycles. The van der Waals surface area contributed by atoms with Gasteiger partial charge in [-0.25, -0.2) is 9.97 Å². The number of likely N-dealkylation sites (tertiary alicyclic amines) is 1. The molecule has 1 amide bonds. The van der Waals surface area contributed by atoms with Gasteiger partial charge < -0.3 is 21.3 Å². The molecule has 2 heterocycles. The molecular formula is C23H28N6O. The Hall–Kier alpha value is -3.19. The third-order valence-electron chi connectivity index (χ3n) is 5.70. The summed E-state index contributed by atoms with van der Waals surface area (Å²) < 4.78 is 0. The van der Waals surface area contributed by atoms with Crippen molar-refractivity contribution in [3.05, 3.63) is 66.0 Å². The highest BCUT2D eigenvalue weighted by Gasteiger charge is 2.18. The average Bonchev–Trinajstić information content (AvgIpc) is 2.78. The van der Waals surface area contributed by atoms with Gasteiger partial charge in [0.2, 0.25) is 5.95 Å². The number of allylic oxidation sites excluding steroid dienone is 4. The number of anilines is 3. The Kier molecular flexibility index (Phi) is 6.09. The first-order chi connectivity index (χ1) is 14.6. The van der Waals surface area contributed by atoms with Gasteiger partial charge in [0.25, 0.3) is 5.91 Å². The van der Waals surface area contributed by atoms with Gasteiger partial charge in [0.15, 0.2) is 0 Å². The maximum absolute atomic E-state index is 12.7. The topological polar surface area (TPSA) is 96.2 Å². The normalized spacial score (nSPS) is 19.6. The molecule has 7 nitrogen and oxygen atoms in total. The van der Waals surface area contributed by atoms with Crippen molar-refractivity contribution < 1.29 is 4.79 Å². The monoisotopic (exact) mass is 404 g/mol. The molecule has 156 valence electrons. The molecule has 30 heavy (non-hydrogen) atoms. The van der Waals surface area contributed by atoms with E-state index < -0.39 is 0 Å². The van der Waals surface area contributed by atoms with Gasteiger partial charge in [-0.15, -0.1) is 0 Å². The maximum atomic E-state index is 12.7. The van der Waals surface area contributed by atoms with Gasteiger partial charge in [0.05, 0.1) is 16.9 Å². The number of aromatic nitrogens is 2. The second kappa shape index (κ2) is 9.09. The fourth-order valence-corrected chi connectivity index (χ4v) is 3.79. The van der Waals surface area contributed by atoms with E-state index in [0.717, 1.165) is 37.9 Å². The number of hydrogen-bond acceptors (Lipinski definition) is 6. The van der Waals surface area contributed by atoms with Gasteiger partial charge in [-0.3, -0.25) is 4.79 Å². The van der Waals surface area contributed by atoms with E-state index in [-0.39, 0.29) is 5.91 Å². The van der Waals surface area contributed by atoms with Crippen molar-refractivity contribution in [3.8, 4) is 0 Å². The average molecular weight is 405 g/mol. The van der Waals surface area contributed by atoms with Crippen LogP contribution >= 0.6 is 0 Å². The number of hydrogen-bond donors (Lipinski definition) is 3. The van der Waals surface area contributed by atoms with Crippen molar-refractivity contribution in [1.29, 1.82) is 0 Å². The molecule has 7 heteroatoms. The van der Waals surface area contributed by atoms with Crippen LogP contribution in [0.3, 0.4) is 0 Å². The van der Waals surface area contributed by atoms with Crippen LogP contribution in [-0.2, 0) is 0 Å². The van der Waals surface area contributed by atoms with E-state index in [4.69, 9.17) is 5.73 Å². The van der Waals surface area contributed by atoms with Crippen LogP contribution in [0.2, 0.25) is 0 Å². The first-order valence-corrected chi connectivity index (χ1v) is 10.4. The van der Waals surface area contributed by atoms with Crippen LogP contribution in [0.1, 0.15) is 41.1 Å². The van der Waals surface area contributed by atoms with Crippen LogP contribution in [-0.4, -0.2) is 47.0 Å². The Morgan fingerprint density at radius 2 is 1.93 bits per heavy atom. The second-order valence-corrected chi connectivity index (χ2v) is 7.97. The van der Waals surface area contributed by atoms with Gasteiger partial charge in [-0.1, -0.05) is 30.4 Å². The van der Waals surface area contributed by atoms with Crippen LogP contribution in [0.25, 0.3) is 0 Å². The molecule has 1 atom stereocenters. The van der Waals surface area contributed by atoms with Crippen LogP contribution in [0.5, 0.6) is 0 Å². The summed E-state index contributed by atoms with van der Waals surface area (Å²) in [5.74, 6) is 0.572. The molecule has 1 saturated heterocycles. The molecule has 1 unspecified atom stereocenters. The molecule has 0 spiro atoms. The first-order valence-electron chi connectivity index (χ1n) is 10.4. The third-order valence-corrected chi connectivity index (χ3v) is 5.70. The van der Waals surface area contributed by atoms with E-state index in [1.807, 2.05) is 30.4 Å². The fourth-order valence-electron chi connectivity index (χ4n) is 3.79. The summed E-state index contributed by atoms with van der Waals surface area (Å²) in [6, 6.07) is 6.15. The quantitative estimate of drug-likeness (QED) is 0.661. The SMILES string of the molecule is CN1CCC(Nc2ncc(C(=O)Nc3cc(C4C=CC=CC4)ccc3N)cn2)CC1. The summed E-state index contributed by atoms with van der Waals surface area (Å²) in [5.41, 5.74) is 8.75. The molecule has 1 aliphatic carbocycles. The van der Waals surface area contributed by atoms with E-state index in [1.165, 1.54) is 0 Å². The predicted molar refractivity (Wildman–Crippen MR) is 121 cm³/mol. The molecule has 1 aromatic carbocycles. The number of rotatable bonds is 5. The molecule has 2 aromatic rings. The summed E-state index contributed by atoms with van der Waals surface area (Å²) >= 11 is 0. The molecule has 0 saturated carbocycles. The Labute approximate surface area is 177 Å². The second-order valence-electron chi connectivity index (χ2n) is 7.97. The lowest BCUT2D eigenvalue weighted by atomic mass is 9.92. The lowest BCUT2D eigenvalue weighted by Crippen LogP contribution is -2.37. The van der Waals surface area contributed by atoms with Crippen LogP contribution in [0, 0.1) is 0 Å². The van der Waals surface area contributed by atoms with Crippen LogP contribution < -0.4 is 16.4 Å². The molecule has 4 rings (SSSR count). The lowest BCUT2D eigenvalue weighted by molar-refractivity contribution is 0.102. The van der Waals surface area contributed by atoms with Gasteiger partial charge >= 0.3 is 0 Å². The smallest absolute Gasteiger partial charge is 0.258 e. The van der Waals surface area contributed by atoms with E-state index in [1.54, 1.807) is 12.4 Å². The number of benzene rings is 1. The largest absolute Gasteiger partial charge is 0.397 e. The van der Waals surface area contributed by atoms with Crippen molar-refractivity contribution in [3.63, 3.8) is 0 Å². The zero-order valence-corrected chi connectivity index (χ0v) is 17.2. The van der Waals surface area contributed by atoms with E-state index in [2.05, 4.69) is 44.7 Å². The highest BCUT2D eigenvalue weighted by Crippen LogP contribution is 2.29. The summed E-state index contributed by atoms with van der Waals surface area (Å²) in [4.78, 5) is 23.7. The van der Waals surface area contributed by atoms with Crippen LogP contribution in [0.4, 0.5) is 17.3 Å². The summed E-state index contributed by atoms with van der Waals surface area (Å²) in [6.45, 7) is 2.12. The van der Waals surface area contributed by atoms with Crippen LogP contribution in [0.15, 0.2) is 54.9 Å². The van der Waals surface area contributed by atoms with E-state index in [9.17, 15) is 4.79 Å². The Morgan fingerprint density at radius 3 is 2.63 bits per heavy atom. The minimum atomic E-state index is -0.274. The van der Waals surface area contributed by atoms with Crippen molar-refractivity contribution in [2.24, 2.45) is 0 Å². The number of nitrogens with zero attached hydrogens (tertiary/aromatic N) is 3. The number of amides is 1. The molecule has 1 aliphatic heterocycles. The summed E-state index contributed by atoms with van der Waals surface area (Å²) in [5, 5.41) is 6.26. The highest BCUT2D eigenvalue weighted by molar-refractivity contribution is 6.05. The fraction of sp³-hybridized carbons (Fsp3) is 0.348. The molecule has 2 aliphatic rings. The number of carbonyl (C=O) groups is 1. The minimum absolute atomic E-state index is 0.274. The number of nitrogens with two attached hydrogens (primary N) is 1. The zero-order valence-electron chi connectivity index (χ0n) is 17.2. The Bertz CT molecular complexity index is 945. The molecule has 4 N–H and O–H groups in total. The third kappa shape index (κ3) is 4.86. The Morgan fingerprint density at radius 1 is 1.17 bits per heavy atom. The number of nitrogens with one attached hydrogen (secondary N) is 2. The van der Waals surface area contributed by atoms with Gasteiger partial charge in [-0.2, -0.15) is 0 Å². The van der Waals surface area contributed by atoms with Crippen molar-refractivity contribution in [1.82, 2.24) is 14.9 Å². The molecular weight excluding hydrogens is 376 g/mol. The number of piperidine rings is 1. The maximum Gasteiger partial charge on any atom is 0.258 e. The molecule has 0 radical (unpaired) electrons. The van der Waals surface area contributed by atoms with E-state index >= 15 is 0 Å². The standard InChI is InChI=1S/C23H28N6O/c1-29-11-9-19(10-12-29)27-23-25-14-18(15-26-23)22(30)28-21-13-17(7-8-20(21)24)16-5-3-2-4-6-16/h2-5,7-8,13-16,19H,6,9-12,24H2,1H3,(H,28,30)(H,25,26,27). The first kappa shape index (κ1) is 20.1. The summed E-state index contributed by atoms with van der Waals surface area (Å²) in [6.07, 6.45) is 14.5. The number of nitrogen functional groups attached to an aromatic ring is 1. The van der Waals surface area contributed by atoms with Crippen molar-refractivity contribution >= 4 is 23.2 Å². The van der Waals surface area contributed by atoms with Crippen molar-refractivity contribution in [2.45, 2.75) is 31.2 Å². The van der Waals surface area contributed by atoms with Gasteiger partial charge in [0, 0.05) is 24.4 Å². The highest BCUT2D eigenvalue weighted by atomic mass is 16.1. The minimum Gasteiger partial charge on any atom is -0.397 e. The van der Waals surface area contributed by atoms with E-state index in [0.29, 0.717) is 34.8 Å². The molecule has 1 fully saturated rings. The Balaban J connectivity index is 1.40.